The van der Waals surface area contributed by atoms with Gasteiger partial charge in [0.2, 0.25) is 0 Å². The van der Waals surface area contributed by atoms with Crippen molar-refractivity contribution in [3.63, 3.8) is 0 Å². The second kappa shape index (κ2) is 4.23. The van der Waals surface area contributed by atoms with Crippen LogP contribution in [0.4, 0.5) is 0 Å². The van der Waals surface area contributed by atoms with Crippen LogP contribution in [0.1, 0.15) is 19.3 Å². The molecule has 1 unspecified atom stereocenters. The molecule has 1 saturated heterocycles. The minimum atomic E-state index is 0.0522. The standard InChI is InChI=1S/C13H14O2Se/c14-13-9-6-7-12(11(8-9)15-13)16-10-4-2-1-3-5-10/h1-5,9,11-12H,6-8H2/t9-,11-,12?/m0/s1. The monoisotopic (exact) mass is 282 g/mol. The number of carbonyl (C=O) groups is 1. The molecule has 16 heavy (non-hydrogen) atoms. The molecule has 2 bridgehead atoms. The van der Waals surface area contributed by atoms with Crippen molar-refractivity contribution in [1.29, 1.82) is 0 Å². The minimum absolute atomic E-state index is 0.0522. The van der Waals surface area contributed by atoms with Crippen LogP contribution in [-0.2, 0) is 9.53 Å². The molecule has 1 saturated carbocycles. The quantitative estimate of drug-likeness (QED) is 0.607. The molecule has 2 nitrogen and oxygen atoms in total. The van der Waals surface area contributed by atoms with E-state index in [2.05, 4.69) is 24.3 Å². The number of benzene rings is 1. The summed E-state index contributed by atoms with van der Waals surface area (Å²) >= 11 is 0.446. The third-order valence-electron chi connectivity index (χ3n) is 3.36. The number of fused-ring (bicyclic) bond motifs is 2. The summed E-state index contributed by atoms with van der Waals surface area (Å²) in [5.41, 5.74) is 0. The van der Waals surface area contributed by atoms with Crippen LogP contribution in [0.5, 0.6) is 0 Å². The van der Waals surface area contributed by atoms with E-state index in [1.54, 1.807) is 0 Å². The van der Waals surface area contributed by atoms with E-state index in [1.165, 1.54) is 4.46 Å². The summed E-state index contributed by atoms with van der Waals surface area (Å²) in [7, 11) is 0. The second-order valence-electron chi connectivity index (χ2n) is 4.45. The van der Waals surface area contributed by atoms with Gasteiger partial charge < -0.3 is 0 Å². The normalized spacial score (nSPS) is 32.5. The van der Waals surface area contributed by atoms with Gasteiger partial charge in [0.05, 0.1) is 0 Å². The SMILES string of the molecule is O=C1O[C@H]2C[C@@H]1CCC2[Se]c1ccccc1. The molecule has 0 amide bonds. The molecule has 2 fully saturated rings. The molecular weight excluding hydrogens is 267 g/mol. The molecule has 0 radical (unpaired) electrons. The molecular formula is C13H14O2Se. The van der Waals surface area contributed by atoms with Gasteiger partial charge in [0.15, 0.2) is 0 Å². The van der Waals surface area contributed by atoms with Crippen molar-refractivity contribution in [3.05, 3.63) is 30.3 Å². The zero-order valence-electron chi connectivity index (χ0n) is 8.96. The van der Waals surface area contributed by atoms with Crippen molar-refractivity contribution >= 4 is 25.4 Å². The van der Waals surface area contributed by atoms with Crippen LogP contribution in [0.3, 0.4) is 0 Å². The molecule has 1 aromatic rings. The van der Waals surface area contributed by atoms with Gasteiger partial charge >= 0.3 is 101 Å². The average molecular weight is 281 g/mol. The number of carbonyl (C=O) groups excluding carboxylic acids is 1. The van der Waals surface area contributed by atoms with Crippen LogP contribution >= 0.6 is 0 Å². The van der Waals surface area contributed by atoms with Gasteiger partial charge in [-0.3, -0.25) is 0 Å². The van der Waals surface area contributed by atoms with Crippen molar-refractivity contribution in [2.75, 3.05) is 0 Å². The fraction of sp³-hybridized carbons (Fsp3) is 0.462. The van der Waals surface area contributed by atoms with Crippen LogP contribution < -0.4 is 4.46 Å². The molecule has 3 heteroatoms. The number of hydrogen-bond donors (Lipinski definition) is 0. The van der Waals surface area contributed by atoms with Gasteiger partial charge in [0.1, 0.15) is 0 Å². The molecule has 1 aliphatic heterocycles. The third kappa shape index (κ3) is 1.90. The van der Waals surface area contributed by atoms with Gasteiger partial charge in [-0.25, -0.2) is 0 Å². The Hall–Kier alpha value is -0.791. The van der Waals surface area contributed by atoms with Gasteiger partial charge in [-0.2, -0.15) is 0 Å². The number of hydrogen-bond acceptors (Lipinski definition) is 2. The summed E-state index contributed by atoms with van der Waals surface area (Å²) < 4.78 is 6.86. The predicted octanol–water partition coefficient (Wildman–Crippen LogP) is 1.53. The summed E-state index contributed by atoms with van der Waals surface area (Å²) in [4.78, 5) is 12.0. The molecule has 1 aromatic carbocycles. The van der Waals surface area contributed by atoms with E-state index in [-0.39, 0.29) is 18.0 Å². The Morgan fingerprint density at radius 2 is 2.00 bits per heavy atom. The first-order chi connectivity index (χ1) is 7.83. The van der Waals surface area contributed by atoms with Crippen molar-refractivity contribution in [1.82, 2.24) is 0 Å². The van der Waals surface area contributed by atoms with Crippen LogP contribution in [0.2, 0.25) is 4.82 Å². The maximum absolute atomic E-state index is 11.4. The first-order valence-electron chi connectivity index (χ1n) is 5.75. The van der Waals surface area contributed by atoms with Gasteiger partial charge in [-0.15, -0.1) is 0 Å². The molecule has 2 aliphatic rings. The Labute approximate surface area is 102 Å². The van der Waals surface area contributed by atoms with Crippen LogP contribution in [0, 0.1) is 5.92 Å². The zero-order chi connectivity index (χ0) is 11.0. The van der Waals surface area contributed by atoms with Crippen LogP contribution in [0.25, 0.3) is 0 Å². The summed E-state index contributed by atoms with van der Waals surface area (Å²) in [6.07, 6.45) is 3.38. The Kier molecular flexibility index (Phi) is 2.74. The molecule has 3 rings (SSSR count). The first-order valence-corrected chi connectivity index (χ1v) is 7.60. The van der Waals surface area contributed by atoms with E-state index >= 15 is 0 Å². The Morgan fingerprint density at radius 3 is 2.81 bits per heavy atom. The van der Waals surface area contributed by atoms with Crippen molar-refractivity contribution in [2.45, 2.75) is 30.2 Å². The number of ether oxygens (including phenoxy) is 1. The average Bonchev–Trinajstić information content (AvgIpc) is 2.61. The van der Waals surface area contributed by atoms with E-state index in [4.69, 9.17) is 4.74 Å². The van der Waals surface area contributed by atoms with Crippen LogP contribution in [-0.4, -0.2) is 27.0 Å². The molecule has 84 valence electrons. The van der Waals surface area contributed by atoms with E-state index in [9.17, 15) is 4.79 Å². The fourth-order valence-electron chi connectivity index (χ4n) is 2.49. The molecule has 1 aliphatic carbocycles. The number of esters is 1. The molecule has 0 aromatic heterocycles. The predicted molar refractivity (Wildman–Crippen MR) is 62.8 cm³/mol. The van der Waals surface area contributed by atoms with E-state index in [0.717, 1.165) is 19.3 Å². The van der Waals surface area contributed by atoms with Gasteiger partial charge in [-0.1, -0.05) is 0 Å². The van der Waals surface area contributed by atoms with E-state index in [0.29, 0.717) is 19.8 Å². The van der Waals surface area contributed by atoms with Crippen LogP contribution in [0.15, 0.2) is 30.3 Å². The van der Waals surface area contributed by atoms with E-state index < -0.39 is 0 Å². The topological polar surface area (TPSA) is 26.3 Å². The van der Waals surface area contributed by atoms with Gasteiger partial charge in [-0.05, 0) is 0 Å². The van der Waals surface area contributed by atoms with Crippen molar-refractivity contribution < 1.29 is 9.53 Å². The summed E-state index contributed by atoms with van der Waals surface area (Å²) in [5.74, 6) is 0.268. The fourth-order valence-corrected chi connectivity index (χ4v) is 5.09. The Morgan fingerprint density at radius 1 is 1.19 bits per heavy atom. The molecule has 3 atom stereocenters. The molecule has 0 spiro atoms. The summed E-state index contributed by atoms with van der Waals surface area (Å²) in [5, 5.41) is 0. The second-order valence-corrected chi connectivity index (χ2v) is 7.21. The summed E-state index contributed by atoms with van der Waals surface area (Å²) in [6.45, 7) is 0. The Balaban J connectivity index is 1.70. The van der Waals surface area contributed by atoms with Crippen molar-refractivity contribution in [3.8, 4) is 0 Å². The van der Waals surface area contributed by atoms with Gasteiger partial charge in [0, 0.05) is 0 Å². The third-order valence-corrected chi connectivity index (χ3v) is 6.27. The van der Waals surface area contributed by atoms with Crippen molar-refractivity contribution in [2.24, 2.45) is 5.92 Å². The Bertz CT molecular complexity index is 390. The van der Waals surface area contributed by atoms with Gasteiger partial charge in [0.25, 0.3) is 0 Å². The van der Waals surface area contributed by atoms with E-state index in [1.807, 2.05) is 6.07 Å². The maximum atomic E-state index is 11.4. The number of rotatable bonds is 2. The molecule has 0 N–H and O–H groups in total. The molecule has 1 heterocycles. The summed E-state index contributed by atoms with van der Waals surface area (Å²) in [6, 6.07) is 10.6. The first kappa shape index (κ1) is 10.4. The zero-order valence-corrected chi connectivity index (χ0v) is 10.7.